The number of amides is 1. The lowest BCUT2D eigenvalue weighted by Gasteiger charge is -2.22. The number of methoxy groups -OCH3 is 1. The molecule has 1 saturated heterocycles. The number of hydrogen-bond acceptors (Lipinski definition) is 9. The summed E-state index contributed by atoms with van der Waals surface area (Å²) in [5.41, 5.74) is 1.23. The molecule has 1 amide bonds. The zero-order valence-corrected chi connectivity index (χ0v) is 15.7. The summed E-state index contributed by atoms with van der Waals surface area (Å²) in [5.74, 6) is -1.08. The number of phenols is 1. The molecule has 9 nitrogen and oxygen atoms in total. The number of anilines is 1. The number of hydrogen-bond donors (Lipinski definition) is 3. The second-order valence-electron chi connectivity index (χ2n) is 5.28. The Kier molecular flexibility index (Phi) is 7.38. The summed E-state index contributed by atoms with van der Waals surface area (Å²) in [6, 6.07) is 5.06. The fourth-order valence-electron chi connectivity index (χ4n) is 2.21. The van der Waals surface area contributed by atoms with Crippen LogP contribution < -0.4 is 10.2 Å². The molecule has 0 aromatic heterocycles. The highest BCUT2D eigenvalue weighted by Crippen LogP contribution is 2.25. The number of ether oxygens (including phenoxy) is 1. The second-order valence-corrected chi connectivity index (χ2v) is 6.31. The Bertz CT molecular complexity index is 807. The third kappa shape index (κ3) is 5.56. The highest BCUT2D eigenvalue weighted by Gasteiger charge is 2.25. The number of carbonyl (C=O) groups excluding carboxylic acids is 2. The third-order valence-corrected chi connectivity index (χ3v) is 4.48. The van der Waals surface area contributed by atoms with E-state index >= 15 is 0 Å². The first kappa shape index (κ1) is 20.5. The maximum Gasteiger partial charge on any atom is 0.331 e. The van der Waals surface area contributed by atoms with Crippen LogP contribution in [-0.2, 0) is 14.3 Å². The fraction of sp³-hybridized carbons (Fsp3) is 0.294. The van der Waals surface area contributed by atoms with Crippen LogP contribution in [0.25, 0.3) is 0 Å². The summed E-state index contributed by atoms with van der Waals surface area (Å²) in [6.07, 6.45) is 2.42. The fourth-order valence-corrected chi connectivity index (χ4v) is 2.95. The molecule has 0 aliphatic carbocycles. The van der Waals surface area contributed by atoms with Gasteiger partial charge in [0.25, 0.3) is 5.91 Å². The lowest BCUT2D eigenvalue weighted by atomic mass is 10.2. The Hall–Kier alpha value is -2.85. The average molecular weight is 392 g/mol. The third-order valence-electron chi connectivity index (χ3n) is 3.58. The van der Waals surface area contributed by atoms with Crippen molar-refractivity contribution >= 4 is 40.7 Å². The quantitative estimate of drug-likeness (QED) is 0.272. The van der Waals surface area contributed by atoms with E-state index in [4.69, 9.17) is 5.11 Å². The van der Waals surface area contributed by atoms with E-state index in [2.05, 4.69) is 20.3 Å². The Morgan fingerprint density at radius 2 is 2.22 bits per heavy atom. The minimum atomic E-state index is -0.635. The van der Waals surface area contributed by atoms with Crippen molar-refractivity contribution in [3.05, 3.63) is 34.7 Å². The predicted molar refractivity (Wildman–Crippen MR) is 104 cm³/mol. The van der Waals surface area contributed by atoms with Crippen molar-refractivity contribution in [2.24, 2.45) is 10.2 Å². The van der Waals surface area contributed by atoms with Crippen LogP contribution in [0.2, 0.25) is 0 Å². The molecular weight excluding hydrogens is 372 g/mol. The molecule has 10 heteroatoms. The topological polar surface area (TPSA) is 124 Å². The molecule has 3 N–H and O–H groups in total. The Balaban J connectivity index is 2.08. The zero-order chi connectivity index (χ0) is 19.8. The molecule has 0 bridgehead atoms. The van der Waals surface area contributed by atoms with Crippen LogP contribution in [0.3, 0.4) is 0 Å². The van der Waals surface area contributed by atoms with Crippen molar-refractivity contribution in [1.29, 1.82) is 0 Å². The highest BCUT2D eigenvalue weighted by atomic mass is 32.2. The van der Waals surface area contributed by atoms with Gasteiger partial charge in [-0.15, -0.1) is 5.10 Å². The Labute approximate surface area is 160 Å². The number of aliphatic hydroxyl groups excluding tert-OH is 1. The van der Waals surface area contributed by atoms with Crippen LogP contribution in [0.1, 0.15) is 12.5 Å². The van der Waals surface area contributed by atoms with E-state index < -0.39 is 11.9 Å². The number of aliphatic hydroxyl groups is 1. The lowest BCUT2D eigenvalue weighted by Crippen LogP contribution is -2.26. The number of carbonyl (C=O) groups is 2. The molecule has 1 aromatic rings. The number of nitrogens with one attached hydrogen (secondary N) is 1. The van der Waals surface area contributed by atoms with Crippen LogP contribution >= 0.6 is 11.8 Å². The molecule has 144 valence electrons. The first-order valence-corrected chi connectivity index (χ1v) is 8.88. The molecule has 1 heterocycles. The average Bonchev–Trinajstić information content (AvgIpc) is 3.00. The van der Waals surface area contributed by atoms with Gasteiger partial charge in [-0.25, -0.2) is 4.79 Å². The van der Waals surface area contributed by atoms with Crippen LogP contribution in [0.15, 0.2) is 39.4 Å². The number of aromatic hydroxyl groups is 1. The SMILES string of the molecule is CCN(CCO)c1ccc(C=N/N=C2/NC(=O)/C(=C\C(=O)OC)S2)c(O)c1. The lowest BCUT2D eigenvalue weighted by molar-refractivity contribution is -0.135. The van der Waals surface area contributed by atoms with Crippen LogP contribution in [0.5, 0.6) is 5.75 Å². The molecule has 1 aliphatic heterocycles. The Morgan fingerprint density at radius 3 is 2.85 bits per heavy atom. The molecule has 1 aliphatic rings. The standard InChI is InChI=1S/C17H20N4O5S/c1-3-21(6-7-22)12-5-4-11(13(23)8-12)10-18-20-17-19-16(25)14(27-17)9-15(24)26-2/h4-5,8-10,22-23H,3,6-7H2,1-2H3,(H,19,20,25)/b14-9+,18-10?. The van der Waals surface area contributed by atoms with Gasteiger partial charge in [-0.3, -0.25) is 10.1 Å². The van der Waals surface area contributed by atoms with Gasteiger partial charge in [-0.05, 0) is 30.8 Å². The van der Waals surface area contributed by atoms with Gasteiger partial charge in [0.1, 0.15) is 5.75 Å². The molecular formula is C17H20N4O5S. The summed E-state index contributed by atoms with van der Waals surface area (Å²) in [4.78, 5) is 25.0. The van der Waals surface area contributed by atoms with Crippen LogP contribution in [0.4, 0.5) is 5.69 Å². The van der Waals surface area contributed by atoms with E-state index in [1.807, 2.05) is 11.8 Å². The number of rotatable bonds is 7. The first-order valence-electron chi connectivity index (χ1n) is 8.07. The largest absolute Gasteiger partial charge is 0.507 e. The summed E-state index contributed by atoms with van der Waals surface area (Å²) >= 11 is 0.960. The van der Waals surface area contributed by atoms with Gasteiger partial charge in [-0.2, -0.15) is 5.10 Å². The van der Waals surface area contributed by atoms with Crippen molar-refractivity contribution < 1.29 is 24.5 Å². The number of thioether (sulfide) groups is 1. The first-order chi connectivity index (χ1) is 13.0. The molecule has 1 aromatic carbocycles. The molecule has 0 atom stereocenters. The van der Waals surface area contributed by atoms with Crippen molar-refractivity contribution in [2.75, 3.05) is 31.7 Å². The maximum absolute atomic E-state index is 11.7. The minimum absolute atomic E-state index is 0.0160. The van der Waals surface area contributed by atoms with Crippen molar-refractivity contribution in [2.45, 2.75) is 6.92 Å². The maximum atomic E-state index is 11.7. The second kappa shape index (κ2) is 9.74. The zero-order valence-electron chi connectivity index (χ0n) is 14.9. The normalized spacial score (nSPS) is 16.9. The number of esters is 1. The van der Waals surface area contributed by atoms with E-state index in [0.29, 0.717) is 18.7 Å². The number of amidine groups is 1. The van der Waals surface area contributed by atoms with Crippen molar-refractivity contribution in [3.63, 3.8) is 0 Å². The van der Waals surface area contributed by atoms with Crippen LogP contribution in [0, 0.1) is 0 Å². The predicted octanol–water partition coefficient (Wildman–Crippen LogP) is 0.821. The van der Waals surface area contributed by atoms with E-state index in [9.17, 15) is 14.7 Å². The minimum Gasteiger partial charge on any atom is -0.507 e. The van der Waals surface area contributed by atoms with Crippen molar-refractivity contribution in [3.8, 4) is 5.75 Å². The molecule has 1 fully saturated rings. The summed E-state index contributed by atoms with van der Waals surface area (Å²) in [7, 11) is 1.22. The van der Waals surface area contributed by atoms with Gasteiger partial charge in [0.15, 0.2) is 5.17 Å². The van der Waals surface area contributed by atoms with E-state index in [-0.39, 0.29) is 22.4 Å². The molecule has 0 spiro atoms. The Morgan fingerprint density at radius 1 is 1.44 bits per heavy atom. The molecule has 0 saturated carbocycles. The number of phenolic OH excluding ortho intramolecular Hbond substituents is 1. The van der Waals surface area contributed by atoms with Gasteiger partial charge in [-0.1, -0.05) is 0 Å². The smallest absolute Gasteiger partial charge is 0.331 e. The van der Waals surface area contributed by atoms with Gasteiger partial charge < -0.3 is 19.8 Å². The van der Waals surface area contributed by atoms with E-state index in [1.54, 1.807) is 18.2 Å². The van der Waals surface area contributed by atoms with Crippen LogP contribution in [-0.4, -0.2) is 60.3 Å². The summed E-state index contributed by atoms with van der Waals surface area (Å²) < 4.78 is 4.47. The summed E-state index contributed by atoms with van der Waals surface area (Å²) in [5, 5.41) is 29.6. The molecule has 0 unspecified atom stereocenters. The molecule has 0 radical (unpaired) electrons. The van der Waals surface area contributed by atoms with E-state index in [1.165, 1.54) is 13.3 Å². The monoisotopic (exact) mass is 392 g/mol. The number of likely N-dealkylation sites (N-methyl/N-ethyl adjacent to an activating group) is 1. The van der Waals surface area contributed by atoms with Gasteiger partial charge in [0.05, 0.1) is 24.8 Å². The van der Waals surface area contributed by atoms with Crippen molar-refractivity contribution in [1.82, 2.24) is 5.32 Å². The highest BCUT2D eigenvalue weighted by molar-refractivity contribution is 8.18. The number of benzene rings is 1. The number of nitrogens with zero attached hydrogens (tertiary/aromatic N) is 3. The summed E-state index contributed by atoms with van der Waals surface area (Å²) in [6.45, 7) is 3.13. The van der Waals surface area contributed by atoms with Gasteiger partial charge >= 0.3 is 5.97 Å². The van der Waals surface area contributed by atoms with Gasteiger partial charge in [0.2, 0.25) is 0 Å². The molecule has 2 rings (SSSR count). The molecule has 27 heavy (non-hydrogen) atoms. The van der Waals surface area contributed by atoms with E-state index in [0.717, 1.165) is 23.5 Å². The van der Waals surface area contributed by atoms with Gasteiger partial charge in [0, 0.05) is 36.5 Å².